The molecule has 0 radical (unpaired) electrons. The normalized spacial score (nSPS) is 25.1. The number of halogens is 3. The molecule has 2 heterocycles. The summed E-state index contributed by atoms with van der Waals surface area (Å²) >= 11 is 0. The molecule has 5 nitrogen and oxygen atoms in total. The van der Waals surface area contributed by atoms with Crippen molar-refractivity contribution in [3.63, 3.8) is 0 Å². The van der Waals surface area contributed by atoms with Gasteiger partial charge >= 0.3 is 12.1 Å². The maximum Gasteiger partial charge on any atom is 0.416 e. The van der Waals surface area contributed by atoms with Gasteiger partial charge < -0.3 is 9.64 Å². The Kier molecular flexibility index (Phi) is 4.73. The number of alkyl halides is 3. The average Bonchev–Trinajstić information content (AvgIpc) is 2.92. The van der Waals surface area contributed by atoms with E-state index < -0.39 is 11.7 Å². The zero-order valence-corrected chi connectivity index (χ0v) is 13.8. The third-order valence-electron chi connectivity index (χ3n) is 4.65. The van der Waals surface area contributed by atoms with Gasteiger partial charge in [-0.05, 0) is 31.2 Å². The van der Waals surface area contributed by atoms with Crippen molar-refractivity contribution in [3.05, 3.63) is 35.4 Å². The fourth-order valence-corrected chi connectivity index (χ4v) is 3.25. The summed E-state index contributed by atoms with van der Waals surface area (Å²) in [5, 5.41) is 0. The zero-order valence-electron chi connectivity index (χ0n) is 13.8. The molecule has 3 rings (SSSR count). The fourth-order valence-electron chi connectivity index (χ4n) is 3.25. The maximum atomic E-state index is 12.6. The summed E-state index contributed by atoms with van der Waals surface area (Å²) in [6.45, 7) is 3.79. The predicted molar refractivity (Wildman–Crippen MR) is 82.9 cm³/mol. The molecule has 2 aliphatic rings. The van der Waals surface area contributed by atoms with Gasteiger partial charge in [-0.1, -0.05) is 0 Å². The van der Waals surface area contributed by atoms with E-state index in [9.17, 15) is 22.8 Å². The number of hydrogen-bond acceptors (Lipinski definition) is 4. The van der Waals surface area contributed by atoms with Crippen LogP contribution in [0.4, 0.5) is 13.2 Å². The quantitative estimate of drug-likeness (QED) is 0.762. The first-order valence-corrected chi connectivity index (χ1v) is 8.17. The van der Waals surface area contributed by atoms with Gasteiger partial charge in [-0.25, -0.2) is 0 Å². The smallest absolute Gasteiger partial charge is 0.416 e. The minimum atomic E-state index is -4.42. The molecule has 2 saturated heterocycles. The number of ether oxygens (including phenoxy) is 1. The van der Waals surface area contributed by atoms with Crippen LogP contribution in [0.5, 0.6) is 0 Å². The molecule has 25 heavy (non-hydrogen) atoms. The molecule has 0 aliphatic carbocycles. The van der Waals surface area contributed by atoms with Crippen LogP contribution < -0.4 is 0 Å². The molecule has 1 amide bonds. The van der Waals surface area contributed by atoms with Crippen LogP contribution >= 0.6 is 0 Å². The van der Waals surface area contributed by atoms with Crippen LogP contribution in [0.2, 0.25) is 0 Å². The zero-order chi connectivity index (χ0) is 18.2. The highest BCUT2D eigenvalue weighted by Gasteiger charge is 2.38. The summed E-state index contributed by atoms with van der Waals surface area (Å²) in [6, 6.07) is 3.97. The number of piperazine rings is 1. The van der Waals surface area contributed by atoms with Gasteiger partial charge in [0.25, 0.3) is 5.91 Å². The number of nitrogens with zero attached hydrogens (tertiary/aromatic N) is 2. The average molecular weight is 356 g/mol. The first kappa shape index (κ1) is 17.7. The van der Waals surface area contributed by atoms with Crippen LogP contribution in [0.1, 0.15) is 29.3 Å². The van der Waals surface area contributed by atoms with Gasteiger partial charge in [-0.2, -0.15) is 13.2 Å². The number of benzene rings is 1. The second kappa shape index (κ2) is 6.67. The summed E-state index contributed by atoms with van der Waals surface area (Å²) in [7, 11) is 0. The summed E-state index contributed by atoms with van der Waals surface area (Å²) in [5.41, 5.74) is -0.543. The summed E-state index contributed by atoms with van der Waals surface area (Å²) in [6.07, 6.45) is -3.87. The number of carbonyl (C=O) groups excluding carboxylic acids is 2. The third kappa shape index (κ3) is 3.78. The van der Waals surface area contributed by atoms with E-state index >= 15 is 0 Å². The van der Waals surface area contributed by atoms with Gasteiger partial charge in [0.05, 0.1) is 5.56 Å². The molecule has 0 aromatic heterocycles. The number of esters is 1. The summed E-state index contributed by atoms with van der Waals surface area (Å²) in [4.78, 5) is 27.8. The minimum Gasteiger partial charge on any atom is -0.461 e. The second-order valence-electron chi connectivity index (χ2n) is 6.40. The molecule has 8 heteroatoms. The van der Waals surface area contributed by atoms with E-state index in [0.29, 0.717) is 32.6 Å². The van der Waals surface area contributed by atoms with Crippen LogP contribution in [0.25, 0.3) is 0 Å². The van der Waals surface area contributed by atoms with E-state index in [-0.39, 0.29) is 29.6 Å². The van der Waals surface area contributed by atoms with Crippen molar-refractivity contribution in [2.24, 2.45) is 0 Å². The highest BCUT2D eigenvalue weighted by Crippen LogP contribution is 2.29. The van der Waals surface area contributed by atoms with Crippen molar-refractivity contribution < 1.29 is 27.5 Å². The van der Waals surface area contributed by atoms with Crippen molar-refractivity contribution in [3.8, 4) is 0 Å². The lowest BCUT2D eigenvalue weighted by molar-refractivity contribution is -0.145. The molecule has 2 atom stereocenters. The summed E-state index contributed by atoms with van der Waals surface area (Å²) in [5.74, 6) is -0.522. The Morgan fingerprint density at radius 1 is 1.12 bits per heavy atom. The number of hydrogen-bond donors (Lipinski definition) is 0. The Morgan fingerprint density at radius 3 is 2.20 bits per heavy atom. The van der Waals surface area contributed by atoms with Gasteiger partial charge in [0.2, 0.25) is 0 Å². The SMILES string of the molecule is CC1CC(N2CCN(C(=O)c3ccc(C(F)(F)F)cc3)CC2)C(=O)O1. The van der Waals surface area contributed by atoms with Gasteiger partial charge in [-0.3, -0.25) is 14.5 Å². The van der Waals surface area contributed by atoms with E-state index in [4.69, 9.17) is 4.74 Å². The van der Waals surface area contributed by atoms with Crippen molar-refractivity contribution in [2.75, 3.05) is 26.2 Å². The molecule has 2 unspecified atom stereocenters. The van der Waals surface area contributed by atoms with Crippen LogP contribution in [0, 0.1) is 0 Å². The standard InChI is InChI=1S/C17H19F3N2O3/c1-11-10-14(16(24)25-11)21-6-8-22(9-7-21)15(23)12-2-4-13(5-3-12)17(18,19)20/h2-5,11,14H,6-10H2,1H3. The number of rotatable bonds is 2. The lowest BCUT2D eigenvalue weighted by atomic mass is 10.1. The first-order chi connectivity index (χ1) is 11.8. The molecular formula is C17H19F3N2O3. The van der Waals surface area contributed by atoms with Gasteiger partial charge in [0.1, 0.15) is 12.1 Å². The Morgan fingerprint density at radius 2 is 1.72 bits per heavy atom. The third-order valence-corrected chi connectivity index (χ3v) is 4.65. The van der Waals surface area contributed by atoms with E-state index in [0.717, 1.165) is 12.1 Å². The van der Waals surface area contributed by atoms with Crippen molar-refractivity contribution in [1.82, 2.24) is 9.80 Å². The number of carbonyl (C=O) groups is 2. The Labute approximate surface area is 143 Å². The molecule has 1 aromatic carbocycles. The molecular weight excluding hydrogens is 337 g/mol. The molecule has 0 saturated carbocycles. The first-order valence-electron chi connectivity index (χ1n) is 8.17. The van der Waals surface area contributed by atoms with Gasteiger partial charge in [0.15, 0.2) is 0 Å². The fraction of sp³-hybridized carbons (Fsp3) is 0.529. The van der Waals surface area contributed by atoms with E-state index in [2.05, 4.69) is 0 Å². The van der Waals surface area contributed by atoms with Crippen molar-refractivity contribution in [1.29, 1.82) is 0 Å². The lowest BCUT2D eigenvalue weighted by Gasteiger charge is -2.36. The Hall–Kier alpha value is -2.09. The molecule has 0 spiro atoms. The molecule has 2 aliphatic heterocycles. The van der Waals surface area contributed by atoms with Crippen LogP contribution in [0.15, 0.2) is 24.3 Å². The largest absolute Gasteiger partial charge is 0.461 e. The van der Waals surface area contributed by atoms with Crippen LogP contribution in [0.3, 0.4) is 0 Å². The van der Waals surface area contributed by atoms with E-state index in [1.54, 1.807) is 4.90 Å². The van der Waals surface area contributed by atoms with Crippen LogP contribution in [-0.4, -0.2) is 60.0 Å². The predicted octanol–water partition coefficient (Wildman–Crippen LogP) is 2.17. The van der Waals surface area contributed by atoms with Gasteiger partial charge in [-0.15, -0.1) is 0 Å². The molecule has 1 aromatic rings. The highest BCUT2D eigenvalue weighted by molar-refractivity contribution is 5.94. The molecule has 136 valence electrons. The summed E-state index contributed by atoms with van der Waals surface area (Å²) < 4.78 is 42.9. The Bertz CT molecular complexity index is 652. The molecule has 0 bridgehead atoms. The topological polar surface area (TPSA) is 49.9 Å². The lowest BCUT2D eigenvalue weighted by Crippen LogP contribution is -2.53. The highest BCUT2D eigenvalue weighted by atomic mass is 19.4. The Balaban J connectivity index is 1.59. The maximum absolute atomic E-state index is 12.6. The molecule has 0 N–H and O–H groups in total. The van der Waals surface area contributed by atoms with E-state index in [1.807, 2.05) is 11.8 Å². The van der Waals surface area contributed by atoms with Crippen molar-refractivity contribution in [2.45, 2.75) is 31.7 Å². The number of amides is 1. The van der Waals surface area contributed by atoms with Crippen molar-refractivity contribution >= 4 is 11.9 Å². The molecule has 2 fully saturated rings. The van der Waals surface area contributed by atoms with E-state index in [1.165, 1.54) is 12.1 Å². The second-order valence-corrected chi connectivity index (χ2v) is 6.40. The van der Waals surface area contributed by atoms with Gasteiger partial charge in [0, 0.05) is 38.2 Å². The minimum absolute atomic E-state index is 0.0932. The monoisotopic (exact) mass is 356 g/mol. The van der Waals surface area contributed by atoms with Crippen LogP contribution in [-0.2, 0) is 15.7 Å². The number of cyclic esters (lactones) is 1.